The largest absolute Gasteiger partial charge is 0.451 e. The second-order valence-electron chi connectivity index (χ2n) is 8.31. The van der Waals surface area contributed by atoms with Crippen LogP contribution in [0.2, 0.25) is 0 Å². The topological polar surface area (TPSA) is 54.7 Å². The Morgan fingerprint density at radius 2 is 1.70 bits per heavy atom. The zero-order valence-electron chi connectivity index (χ0n) is 17.9. The molecule has 0 bridgehead atoms. The number of imidazole rings is 1. The lowest BCUT2D eigenvalue weighted by Crippen LogP contribution is -1.92. The van der Waals surface area contributed by atoms with Crippen LogP contribution in [0.3, 0.4) is 0 Å². The molecule has 0 unspecified atom stereocenters. The van der Waals surface area contributed by atoms with Gasteiger partial charge in [-0.25, -0.2) is 9.97 Å². The first-order valence-electron chi connectivity index (χ1n) is 10.1. The third-order valence-corrected chi connectivity index (χ3v) is 3.80. The molecule has 0 atom stereocenters. The lowest BCUT2D eigenvalue weighted by Gasteiger charge is -2.03. The van der Waals surface area contributed by atoms with Gasteiger partial charge in [0.1, 0.15) is 6.26 Å². The molecule has 0 aliphatic heterocycles. The molecule has 4 heteroatoms. The quantitative estimate of drug-likeness (QED) is 0.639. The molecular formula is C23H37N3O. The van der Waals surface area contributed by atoms with Crippen molar-refractivity contribution in [3.05, 3.63) is 60.4 Å². The molecule has 0 saturated carbocycles. The summed E-state index contributed by atoms with van der Waals surface area (Å²) >= 11 is 0. The molecule has 0 spiro atoms. The smallest absolute Gasteiger partial charge is 0.180 e. The molecule has 27 heavy (non-hydrogen) atoms. The maximum atomic E-state index is 4.80. The maximum absolute atomic E-state index is 4.80. The van der Waals surface area contributed by atoms with Gasteiger partial charge in [-0.1, -0.05) is 65.3 Å². The van der Waals surface area contributed by atoms with Crippen LogP contribution in [0, 0.1) is 17.8 Å². The van der Waals surface area contributed by atoms with Gasteiger partial charge in [-0.05, 0) is 43.4 Å². The zero-order chi connectivity index (χ0) is 20.1. The van der Waals surface area contributed by atoms with Crippen LogP contribution in [0.15, 0.2) is 53.4 Å². The molecule has 2 aromatic rings. The summed E-state index contributed by atoms with van der Waals surface area (Å²) in [6.07, 6.45) is 17.9. The van der Waals surface area contributed by atoms with Gasteiger partial charge in [0.15, 0.2) is 6.39 Å². The Balaban J connectivity index is 0.000000202. The number of nitrogens with one attached hydrogen (secondary N) is 1. The lowest BCUT2D eigenvalue weighted by molar-refractivity contribution is 0.553. The van der Waals surface area contributed by atoms with Crippen molar-refractivity contribution in [2.75, 3.05) is 0 Å². The summed E-state index contributed by atoms with van der Waals surface area (Å²) in [5.41, 5.74) is 3.86. The summed E-state index contributed by atoms with van der Waals surface area (Å²) in [5, 5.41) is 0. The number of allylic oxidation sites excluding steroid dienone is 4. The van der Waals surface area contributed by atoms with Crippen LogP contribution < -0.4 is 0 Å². The van der Waals surface area contributed by atoms with E-state index < -0.39 is 0 Å². The van der Waals surface area contributed by atoms with Crippen molar-refractivity contribution in [1.82, 2.24) is 15.0 Å². The third-order valence-electron chi connectivity index (χ3n) is 3.80. The molecule has 2 aromatic heterocycles. The Hall–Kier alpha value is -2.10. The number of aromatic nitrogens is 3. The van der Waals surface area contributed by atoms with E-state index in [4.69, 9.17) is 4.42 Å². The first-order chi connectivity index (χ1) is 12.9. The molecule has 150 valence electrons. The Morgan fingerprint density at radius 1 is 1.00 bits per heavy atom. The van der Waals surface area contributed by atoms with Gasteiger partial charge in [0.05, 0.1) is 12.0 Å². The van der Waals surface area contributed by atoms with E-state index in [1.807, 2.05) is 6.20 Å². The fourth-order valence-electron chi connectivity index (χ4n) is 2.76. The van der Waals surface area contributed by atoms with E-state index in [0.29, 0.717) is 11.8 Å². The number of hydrogen-bond donors (Lipinski definition) is 1. The predicted octanol–water partition coefficient (Wildman–Crippen LogP) is 6.40. The number of nitrogens with zero attached hydrogens (tertiary/aromatic N) is 2. The van der Waals surface area contributed by atoms with E-state index in [-0.39, 0.29) is 0 Å². The first kappa shape index (κ1) is 22.9. The summed E-state index contributed by atoms with van der Waals surface area (Å²) in [5.74, 6) is 2.19. The third kappa shape index (κ3) is 12.0. The van der Waals surface area contributed by atoms with Crippen LogP contribution >= 0.6 is 0 Å². The molecule has 0 amide bonds. The number of oxazole rings is 1. The summed E-state index contributed by atoms with van der Waals surface area (Å²) in [4.78, 5) is 11.0. The number of rotatable bonds is 6. The minimum atomic E-state index is 0.662. The van der Waals surface area contributed by atoms with Crippen molar-refractivity contribution >= 4 is 0 Å². The molecule has 3 rings (SSSR count). The fourth-order valence-corrected chi connectivity index (χ4v) is 2.76. The summed E-state index contributed by atoms with van der Waals surface area (Å²) in [6, 6.07) is 0. The van der Waals surface area contributed by atoms with Gasteiger partial charge in [0.25, 0.3) is 0 Å². The van der Waals surface area contributed by atoms with Gasteiger partial charge in [0.2, 0.25) is 0 Å². The predicted molar refractivity (Wildman–Crippen MR) is 113 cm³/mol. The van der Waals surface area contributed by atoms with Crippen LogP contribution in [0.4, 0.5) is 0 Å². The monoisotopic (exact) mass is 371 g/mol. The minimum Gasteiger partial charge on any atom is -0.451 e. The molecule has 0 radical (unpaired) electrons. The Kier molecular flexibility index (Phi) is 11.2. The van der Waals surface area contributed by atoms with E-state index in [9.17, 15) is 0 Å². The summed E-state index contributed by atoms with van der Waals surface area (Å²) in [6.45, 7) is 13.2. The van der Waals surface area contributed by atoms with Crippen LogP contribution in [0.25, 0.3) is 0 Å². The molecule has 0 aromatic carbocycles. The molecule has 1 N–H and O–H groups in total. The van der Waals surface area contributed by atoms with Gasteiger partial charge < -0.3 is 9.40 Å². The number of hydrogen-bond acceptors (Lipinski definition) is 3. The van der Waals surface area contributed by atoms with E-state index in [1.165, 1.54) is 24.9 Å². The Bertz CT molecular complexity index is 595. The number of H-pyrrole nitrogens is 1. The van der Waals surface area contributed by atoms with E-state index in [0.717, 1.165) is 24.5 Å². The van der Waals surface area contributed by atoms with Crippen molar-refractivity contribution in [3.63, 3.8) is 0 Å². The normalized spacial score (nSPS) is 12.7. The molecule has 0 fully saturated rings. The van der Waals surface area contributed by atoms with Gasteiger partial charge in [-0.15, -0.1) is 0 Å². The second kappa shape index (κ2) is 13.1. The van der Waals surface area contributed by atoms with Crippen LogP contribution in [-0.2, 0) is 12.8 Å². The van der Waals surface area contributed by atoms with Crippen molar-refractivity contribution in [2.24, 2.45) is 17.8 Å². The Labute approximate surface area is 165 Å². The SMILES string of the molecule is CC(C)CC1=CC=CC1.CC(C)Cc1cnc[nH]1.CC(C)Cc1cocn1. The molecular weight excluding hydrogens is 334 g/mol. The fraction of sp³-hybridized carbons (Fsp3) is 0.565. The standard InChI is InChI=1S/C9H14.C7H12N2.C7H11NO/c1-8(2)7-9-5-3-4-6-9;1-6(2)3-7-4-8-5-9-7;1-6(2)3-7-4-9-5-8-7/h3-5,8H,6-7H2,1-2H3;4-6H,3H2,1-2H3,(H,8,9);4-6H,3H2,1-2H3. The van der Waals surface area contributed by atoms with E-state index >= 15 is 0 Å². The highest BCUT2D eigenvalue weighted by molar-refractivity contribution is 5.22. The van der Waals surface area contributed by atoms with Gasteiger partial charge in [-0.3, -0.25) is 0 Å². The van der Waals surface area contributed by atoms with Crippen LogP contribution in [0.5, 0.6) is 0 Å². The average Bonchev–Trinajstić information content (AvgIpc) is 3.30. The van der Waals surface area contributed by atoms with Crippen LogP contribution in [-0.4, -0.2) is 15.0 Å². The van der Waals surface area contributed by atoms with Crippen molar-refractivity contribution in [2.45, 2.75) is 67.2 Å². The van der Waals surface area contributed by atoms with Gasteiger partial charge in [0, 0.05) is 11.9 Å². The molecule has 2 heterocycles. The highest BCUT2D eigenvalue weighted by Crippen LogP contribution is 2.18. The molecule has 1 aliphatic rings. The zero-order valence-corrected chi connectivity index (χ0v) is 17.9. The van der Waals surface area contributed by atoms with Crippen LogP contribution in [0.1, 0.15) is 65.8 Å². The van der Waals surface area contributed by atoms with Gasteiger partial charge in [-0.2, -0.15) is 0 Å². The molecule has 1 aliphatic carbocycles. The highest BCUT2D eigenvalue weighted by atomic mass is 16.3. The van der Waals surface area contributed by atoms with Gasteiger partial charge >= 0.3 is 0 Å². The van der Waals surface area contributed by atoms with Crippen molar-refractivity contribution in [1.29, 1.82) is 0 Å². The van der Waals surface area contributed by atoms with E-state index in [1.54, 1.807) is 18.2 Å². The number of aromatic amines is 1. The minimum absolute atomic E-state index is 0.662. The first-order valence-corrected chi connectivity index (χ1v) is 10.1. The Morgan fingerprint density at radius 3 is 2.15 bits per heavy atom. The molecule has 4 nitrogen and oxygen atoms in total. The summed E-state index contributed by atoms with van der Waals surface area (Å²) < 4.78 is 4.80. The van der Waals surface area contributed by atoms with E-state index in [2.05, 4.69) is 74.7 Å². The maximum Gasteiger partial charge on any atom is 0.180 e. The van der Waals surface area contributed by atoms with Crippen molar-refractivity contribution in [3.8, 4) is 0 Å². The average molecular weight is 372 g/mol. The summed E-state index contributed by atoms with van der Waals surface area (Å²) in [7, 11) is 0. The molecule has 0 saturated heterocycles. The lowest BCUT2D eigenvalue weighted by atomic mass is 10.0. The highest BCUT2D eigenvalue weighted by Gasteiger charge is 2.01. The second-order valence-corrected chi connectivity index (χ2v) is 8.31. The van der Waals surface area contributed by atoms with Crippen molar-refractivity contribution < 1.29 is 4.42 Å².